The highest BCUT2D eigenvalue weighted by Gasteiger charge is 1.96. The second kappa shape index (κ2) is 6.99. The Balaban J connectivity index is 1.77. The molecule has 2 nitrogen and oxygen atoms in total. The molecule has 18 heavy (non-hydrogen) atoms. The monoisotopic (exact) mass is 259 g/mol. The minimum atomic E-state index is 0.551. The maximum atomic E-state index is 5.44. The minimum Gasteiger partial charge on any atom is -0.490 e. The molecule has 2 aromatic rings. The van der Waals surface area contributed by atoms with Crippen molar-refractivity contribution in [3.05, 3.63) is 64.9 Å². The second-order valence-electron chi connectivity index (χ2n) is 3.98. The number of nitrogens with one attached hydrogen (secondary N) is 1. The van der Waals surface area contributed by atoms with Crippen molar-refractivity contribution < 1.29 is 4.74 Å². The topological polar surface area (TPSA) is 21.3 Å². The average molecular weight is 259 g/mol. The van der Waals surface area contributed by atoms with Crippen LogP contribution in [0, 0.1) is 0 Å². The fourth-order valence-electron chi connectivity index (χ4n) is 1.60. The Bertz CT molecular complexity index is 462. The van der Waals surface area contributed by atoms with Crippen LogP contribution in [0.3, 0.4) is 0 Å². The first-order valence-electron chi connectivity index (χ1n) is 5.93. The molecule has 0 radical (unpaired) electrons. The summed E-state index contributed by atoms with van der Waals surface area (Å²) in [7, 11) is 0. The van der Waals surface area contributed by atoms with Crippen LogP contribution in [0.1, 0.15) is 11.1 Å². The second-order valence-corrected chi connectivity index (χ2v) is 4.76. The third-order valence-electron chi connectivity index (χ3n) is 2.53. The number of hydrogen-bond donors (Lipinski definition) is 1. The van der Waals surface area contributed by atoms with Crippen molar-refractivity contribution in [2.45, 2.75) is 13.1 Å². The first-order valence-corrected chi connectivity index (χ1v) is 6.87. The van der Waals surface area contributed by atoms with Gasteiger partial charge in [-0.2, -0.15) is 11.3 Å². The highest BCUT2D eigenvalue weighted by Crippen LogP contribution is 2.12. The van der Waals surface area contributed by atoms with Crippen LogP contribution in [-0.4, -0.2) is 6.61 Å². The number of benzene rings is 1. The van der Waals surface area contributed by atoms with Gasteiger partial charge in [0.1, 0.15) is 12.4 Å². The molecular weight excluding hydrogens is 242 g/mol. The van der Waals surface area contributed by atoms with Crippen LogP contribution < -0.4 is 10.1 Å². The molecule has 0 aliphatic heterocycles. The number of thiophene rings is 1. The van der Waals surface area contributed by atoms with E-state index in [0.717, 1.165) is 18.8 Å². The van der Waals surface area contributed by atoms with Crippen LogP contribution in [0.25, 0.3) is 0 Å². The van der Waals surface area contributed by atoms with Crippen LogP contribution in [-0.2, 0) is 13.1 Å². The average Bonchev–Trinajstić information content (AvgIpc) is 2.91. The van der Waals surface area contributed by atoms with Gasteiger partial charge >= 0.3 is 0 Å². The summed E-state index contributed by atoms with van der Waals surface area (Å²) in [6, 6.07) is 10.3. The Labute approximate surface area is 112 Å². The van der Waals surface area contributed by atoms with Gasteiger partial charge in [0.25, 0.3) is 0 Å². The molecular formula is C15H17NOS. The molecule has 0 unspecified atom stereocenters. The van der Waals surface area contributed by atoms with Crippen molar-refractivity contribution in [3.8, 4) is 5.75 Å². The van der Waals surface area contributed by atoms with Crippen molar-refractivity contribution >= 4 is 11.3 Å². The van der Waals surface area contributed by atoms with Gasteiger partial charge in [0, 0.05) is 13.1 Å². The van der Waals surface area contributed by atoms with Gasteiger partial charge in [-0.25, -0.2) is 0 Å². The third-order valence-corrected chi connectivity index (χ3v) is 3.26. The molecule has 0 aliphatic carbocycles. The highest BCUT2D eigenvalue weighted by atomic mass is 32.1. The van der Waals surface area contributed by atoms with E-state index in [1.165, 1.54) is 11.1 Å². The smallest absolute Gasteiger partial charge is 0.119 e. The molecule has 1 N–H and O–H groups in total. The predicted molar refractivity (Wildman–Crippen MR) is 77.0 cm³/mol. The summed E-state index contributed by atoms with van der Waals surface area (Å²) in [6.07, 6.45) is 1.75. The van der Waals surface area contributed by atoms with E-state index in [1.807, 2.05) is 12.1 Å². The summed E-state index contributed by atoms with van der Waals surface area (Å²) in [5.74, 6) is 0.886. The maximum Gasteiger partial charge on any atom is 0.119 e. The quantitative estimate of drug-likeness (QED) is 0.767. The first kappa shape index (κ1) is 12.9. The van der Waals surface area contributed by atoms with Crippen molar-refractivity contribution in [2.24, 2.45) is 0 Å². The van der Waals surface area contributed by atoms with E-state index < -0.39 is 0 Å². The van der Waals surface area contributed by atoms with Crippen LogP contribution in [0.15, 0.2) is 53.7 Å². The molecule has 0 saturated heterocycles. The summed E-state index contributed by atoms with van der Waals surface area (Å²) in [5, 5.41) is 7.68. The molecule has 0 amide bonds. The third kappa shape index (κ3) is 4.02. The zero-order valence-corrected chi connectivity index (χ0v) is 11.1. The molecule has 94 valence electrons. The van der Waals surface area contributed by atoms with Gasteiger partial charge in [-0.3, -0.25) is 0 Å². The molecule has 0 fully saturated rings. The zero-order valence-electron chi connectivity index (χ0n) is 10.3. The van der Waals surface area contributed by atoms with E-state index in [-0.39, 0.29) is 0 Å². The van der Waals surface area contributed by atoms with E-state index in [2.05, 4.69) is 40.9 Å². The zero-order chi connectivity index (χ0) is 12.6. The Morgan fingerprint density at radius 1 is 1.11 bits per heavy atom. The van der Waals surface area contributed by atoms with E-state index in [4.69, 9.17) is 4.74 Å². The summed E-state index contributed by atoms with van der Waals surface area (Å²) in [5.41, 5.74) is 2.60. The molecule has 3 heteroatoms. The highest BCUT2D eigenvalue weighted by molar-refractivity contribution is 7.07. The summed E-state index contributed by atoms with van der Waals surface area (Å²) in [4.78, 5) is 0. The Hall–Kier alpha value is -1.58. The largest absolute Gasteiger partial charge is 0.490 e. The normalized spacial score (nSPS) is 10.2. The van der Waals surface area contributed by atoms with Crippen molar-refractivity contribution in [1.82, 2.24) is 5.32 Å². The lowest BCUT2D eigenvalue weighted by molar-refractivity contribution is 0.363. The predicted octanol–water partition coefficient (Wildman–Crippen LogP) is 3.60. The Morgan fingerprint density at radius 2 is 1.89 bits per heavy atom. The van der Waals surface area contributed by atoms with E-state index in [0.29, 0.717) is 6.61 Å². The fraction of sp³-hybridized carbons (Fsp3) is 0.200. The number of rotatable bonds is 7. The van der Waals surface area contributed by atoms with E-state index >= 15 is 0 Å². The standard InChI is InChI=1S/C15H17NOS/c1-2-8-17-15-5-3-13(4-6-15)10-16-11-14-7-9-18-12-14/h2-7,9,12,16H,1,8,10-11H2. The number of ether oxygens (including phenoxy) is 1. The van der Waals surface area contributed by atoms with Gasteiger partial charge in [-0.1, -0.05) is 24.8 Å². The Morgan fingerprint density at radius 3 is 2.56 bits per heavy atom. The van der Waals surface area contributed by atoms with Crippen molar-refractivity contribution in [3.63, 3.8) is 0 Å². The van der Waals surface area contributed by atoms with Crippen LogP contribution in [0.5, 0.6) is 5.75 Å². The maximum absolute atomic E-state index is 5.44. The molecule has 1 heterocycles. The van der Waals surface area contributed by atoms with Crippen molar-refractivity contribution in [2.75, 3.05) is 6.61 Å². The van der Waals surface area contributed by atoms with Gasteiger partial charge in [0.2, 0.25) is 0 Å². The van der Waals surface area contributed by atoms with Gasteiger partial charge < -0.3 is 10.1 Å². The minimum absolute atomic E-state index is 0.551. The van der Waals surface area contributed by atoms with Gasteiger partial charge in [-0.15, -0.1) is 0 Å². The SMILES string of the molecule is C=CCOc1ccc(CNCc2ccsc2)cc1. The van der Waals surface area contributed by atoms with Gasteiger partial charge in [0.15, 0.2) is 0 Å². The fourth-order valence-corrected chi connectivity index (χ4v) is 2.27. The van der Waals surface area contributed by atoms with Gasteiger partial charge in [-0.05, 0) is 40.1 Å². The molecule has 0 spiro atoms. The lowest BCUT2D eigenvalue weighted by Crippen LogP contribution is -2.11. The lowest BCUT2D eigenvalue weighted by atomic mass is 10.2. The molecule has 1 aromatic carbocycles. The summed E-state index contributed by atoms with van der Waals surface area (Å²) < 4.78 is 5.44. The molecule has 1 aromatic heterocycles. The molecule has 0 saturated carbocycles. The summed E-state index contributed by atoms with van der Waals surface area (Å²) in [6.45, 7) is 5.96. The van der Waals surface area contributed by atoms with Crippen LogP contribution >= 0.6 is 11.3 Å². The van der Waals surface area contributed by atoms with Crippen molar-refractivity contribution in [1.29, 1.82) is 0 Å². The van der Waals surface area contributed by atoms with Crippen LogP contribution in [0.4, 0.5) is 0 Å². The molecule has 0 atom stereocenters. The molecule has 0 aliphatic rings. The van der Waals surface area contributed by atoms with Crippen LogP contribution in [0.2, 0.25) is 0 Å². The Kier molecular flexibility index (Phi) is 5.00. The first-order chi connectivity index (χ1) is 8.88. The van der Waals surface area contributed by atoms with Gasteiger partial charge in [0.05, 0.1) is 0 Å². The molecule has 0 bridgehead atoms. The van der Waals surface area contributed by atoms with E-state index in [9.17, 15) is 0 Å². The molecule has 2 rings (SSSR count). The number of hydrogen-bond acceptors (Lipinski definition) is 3. The van der Waals surface area contributed by atoms with E-state index in [1.54, 1.807) is 17.4 Å². The lowest BCUT2D eigenvalue weighted by Gasteiger charge is -2.06. The summed E-state index contributed by atoms with van der Waals surface area (Å²) >= 11 is 1.73.